The van der Waals surface area contributed by atoms with Crippen molar-refractivity contribution in [2.45, 2.75) is 32.5 Å². The molecule has 0 saturated carbocycles. The number of hydrogen-bond acceptors (Lipinski definition) is 3. The smallest absolute Gasteiger partial charge is 0.302 e. The molecule has 1 heterocycles. The van der Waals surface area contributed by atoms with Gasteiger partial charge in [-0.2, -0.15) is 0 Å². The van der Waals surface area contributed by atoms with E-state index in [0.717, 1.165) is 0 Å². The number of epoxide rings is 1. The van der Waals surface area contributed by atoms with Gasteiger partial charge in [0.2, 0.25) is 0 Å². The summed E-state index contributed by atoms with van der Waals surface area (Å²) in [4.78, 5) is 10.5. The highest BCUT2D eigenvalue weighted by molar-refractivity contribution is 5.66. The lowest BCUT2D eigenvalue weighted by molar-refractivity contribution is -0.148. The van der Waals surface area contributed by atoms with Crippen molar-refractivity contribution < 1.29 is 14.3 Å². The molecule has 1 rings (SSSR count). The van der Waals surface area contributed by atoms with Crippen LogP contribution in [-0.2, 0) is 14.3 Å². The van der Waals surface area contributed by atoms with E-state index in [1.807, 2.05) is 13.8 Å². The maximum absolute atomic E-state index is 10.5. The summed E-state index contributed by atoms with van der Waals surface area (Å²) in [7, 11) is 0. The highest BCUT2D eigenvalue weighted by atomic mass is 16.6. The third kappa shape index (κ3) is 1.48. The molecule has 1 fully saturated rings. The fraction of sp³-hybridized carbons (Fsp3) is 0.857. The third-order valence-corrected chi connectivity index (χ3v) is 1.80. The molecule has 0 N–H and O–H groups in total. The van der Waals surface area contributed by atoms with Crippen molar-refractivity contribution in [3.8, 4) is 0 Å². The van der Waals surface area contributed by atoms with Crippen molar-refractivity contribution in [1.29, 1.82) is 0 Å². The second kappa shape index (κ2) is 2.23. The predicted molar refractivity (Wildman–Crippen MR) is 35.6 cm³/mol. The van der Waals surface area contributed by atoms with Crippen LogP contribution >= 0.6 is 0 Å². The molecular weight excluding hydrogens is 132 g/mol. The zero-order valence-corrected chi connectivity index (χ0v) is 6.51. The van der Waals surface area contributed by atoms with Gasteiger partial charge in [-0.1, -0.05) is 0 Å². The maximum atomic E-state index is 10.5. The summed E-state index contributed by atoms with van der Waals surface area (Å²) in [5, 5.41) is 0. The van der Waals surface area contributed by atoms with Crippen LogP contribution in [-0.4, -0.2) is 24.3 Å². The molecule has 1 aliphatic heterocycles. The van der Waals surface area contributed by atoms with E-state index in [1.165, 1.54) is 6.92 Å². The molecule has 0 spiro atoms. The van der Waals surface area contributed by atoms with Crippen LogP contribution in [0.25, 0.3) is 0 Å². The van der Waals surface area contributed by atoms with Gasteiger partial charge in [-0.25, -0.2) is 0 Å². The van der Waals surface area contributed by atoms with Gasteiger partial charge in [0.15, 0.2) is 0 Å². The van der Waals surface area contributed by atoms with Gasteiger partial charge in [0.25, 0.3) is 0 Å². The van der Waals surface area contributed by atoms with Crippen LogP contribution in [0.15, 0.2) is 0 Å². The average molecular weight is 144 g/mol. The van der Waals surface area contributed by atoms with Crippen molar-refractivity contribution in [1.82, 2.24) is 0 Å². The van der Waals surface area contributed by atoms with Crippen LogP contribution in [0.5, 0.6) is 0 Å². The SMILES string of the molecule is CC(=O)O[C@H](C)[C@@]1(C)CO1. The number of ether oxygens (including phenoxy) is 2. The lowest BCUT2D eigenvalue weighted by Crippen LogP contribution is -2.28. The normalized spacial score (nSPS) is 33.1. The number of hydrogen-bond donors (Lipinski definition) is 0. The van der Waals surface area contributed by atoms with Crippen molar-refractivity contribution in [2.75, 3.05) is 6.61 Å². The van der Waals surface area contributed by atoms with Gasteiger partial charge in [-0.15, -0.1) is 0 Å². The molecule has 1 saturated heterocycles. The van der Waals surface area contributed by atoms with E-state index in [4.69, 9.17) is 9.47 Å². The third-order valence-electron chi connectivity index (χ3n) is 1.80. The first-order valence-electron chi connectivity index (χ1n) is 3.36. The van der Waals surface area contributed by atoms with E-state index in [0.29, 0.717) is 6.61 Å². The summed E-state index contributed by atoms with van der Waals surface area (Å²) in [5.41, 5.74) is -0.203. The first kappa shape index (κ1) is 7.54. The second-order valence-electron chi connectivity index (χ2n) is 2.85. The zero-order chi connectivity index (χ0) is 7.78. The van der Waals surface area contributed by atoms with E-state index in [9.17, 15) is 4.79 Å². The Hall–Kier alpha value is -0.570. The molecule has 0 amide bonds. The summed E-state index contributed by atoms with van der Waals surface area (Å²) >= 11 is 0. The summed E-state index contributed by atoms with van der Waals surface area (Å²) < 4.78 is 9.99. The van der Waals surface area contributed by atoms with Crippen LogP contribution in [0.4, 0.5) is 0 Å². The molecule has 0 aromatic rings. The Balaban J connectivity index is 2.34. The lowest BCUT2D eigenvalue weighted by Gasteiger charge is -2.14. The monoisotopic (exact) mass is 144 g/mol. The largest absolute Gasteiger partial charge is 0.460 e. The van der Waals surface area contributed by atoms with E-state index in [1.54, 1.807) is 0 Å². The first-order valence-corrected chi connectivity index (χ1v) is 3.36. The van der Waals surface area contributed by atoms with Gasteiger partial charge in [-0.3, -0.25) is 4.79 Å². The minimum atomic E-state index is -0.246. The Bertz CT molecular complexity index is 149. The van der Waals surface area contributed by atoms with Gasteiger partial charge in [0.05, 0.1) is 6.61 Å². The minimum absolute atomic E-state index is 0.120. The maximum Gasteiger partial charge on any atom is 0.302 e. The molecule has 0 aromatic carbocycles. The fourth-order valence-corrected chi connectivity index (χ4v) is 0.722. The molecule has 0 aromatic heterocycles. The topological polar surface area (TPSA) is 38.8 Å². The number of rotatable bonds is 2. The summed E-state index contributed by atoms with van der Waals surface area (Å²) in [6.07, 6.45) is -0.120. The van der Waals surface area contributed by atoms with Gasteiger partial charge < -0.3 is 9.47 Å². The first-order chi connectivity index (χ1) is 4.54. The van der Waals surface area contributed by atoms with Gasteiger partial charge in [0.1, 0.15) is 11.7 Å². The average Bonchev–Trinajstić information content (AvgIpc) is 2.47. The Labute approximate surface area is 60.3 Å². The Morgan fingerprint density at radius 2 is 2.30 bits per heavy atom. The Morgan fingerprint density at radius 3 is 2.60 bits per heavy atom. The second-order valence-corrected chi connectivity index (χ2v) is 2.85. The molecule has 0 aliphatic carbocycles. The Kier molecular flexibility index (Phi) is 1.68. The molecular formula is C7H12O3. The van der Waals surface area contributed by atoms with E-state index < -0.39 is 0 Å². The standard InChI is InChI=1S/C7H12O3/c1-5(10-6(2)8)7(3)4-9-7/h5H,4H2,1-3H3/t5-,7-/m1/s1. The van der Waals surface area contributed by atoms with Crippen molar-refractivity contribution in [3.63, 3.8) is 0 Å². The number of carbonyl (C=O) groups is 1. The van der Waals surface area contributed by atoms with Crippen molar-refractivity contribution in [3.05, 3.63) is 0 Å². The summed E-state index contributed by atoms with van der Waals surface area (Å²) in [6, 6.07) is 0. The zero-order valence-electron chi connectivity index (χ0n) is 6.51. The number of esters is 1. The molecule has 1 aliphatic rings. The van der Waals surface area contributed by atoms with Gasteiger partial charge >= 0.3 is 5.97 Å². The minimum Gasteiger partial charge on any atom is -0.460 e. The molecule has 58 valence electrons. The molecule has 3 heteroatoms. The molecule has 0 unspecified atom stereocenters. The molecule has 3 nitrogen and oxygen atoms in total. The van der Waals surface area contributed by atoms with Crippen LogP contribution in [0, 0.1) is 0 Å². The van der Waals surface area contributed by atoms with E-state index >= 15 is 0 Å². The van der Waals surface area contributed by atoms with E-state index in [-0.39, 0.29) is 17.7 Å². The lowest BCUT2D eigenvalue weighted by atomic mass is 10.1. The van der Waals surface area contributed by atoms with Crippen LogP contribution < -0.4 is 0 Å². The quantitative estimate of drug-likeness (QED) is 0.423. The van der Waals surface area contributed by atoms with Crippen LogP contribution in [0.1, 0.15) is 20.8 Å². The summed E-state index contributed by atoms with van der Waals surface area (Å²) in [5.74, 6) is -0.246. The molecule has 0 bridgehead atoms. The van der Waals surface area contributed by atoms with Gasteiger partial charge in [-0.05, 0) is 13.8 Å². The fourth-order valence-electron chi connectivity index (χ4n) is 0.722. The highest BCUT2D eigenvalue weighted by Gasteiger charge is 2.46. The highest BCUT2D eigenvalue weighted by Crippen LogP contribution is 2.31. The van der Waals surface area contributed by atoms with Crippen molar-refractivity contribution >= 4 is 5.97 Å². The molecule has 2 atom stereocenters. The van der Waals surface area contributed by atoms with Crippen LogP contribution in [0.2, 0.25) is 0 Å². The van der Waals surface area contributed by atoms with E-state index in [2.05, 4.69) is 0 Å². The van der Waals surface area contributed by atoms with Gasteiger partial charge in [0, 0.05) is 6.92 Å². The van der Waals surface area contributed by atoms with Crippen LogP contribution in [0.3, 0.4) is 0 Å². The summed E-state index contributed by atoms with van der Waals surface area (Å²) in [6.45, 7) is 5.87. The predicted octanol–water partition coefficient (Wildman–Crippen LogP) is 0.727. The number of carbonyl (C=O) groups excluding carboxylic acids is 1. The molecule has 0 radical (unpaired) electrons. The molecule has 10 heavy (non-hydrogen) atoms. The Morgan fingerprint density at radius 1 is 1.80 bits per heavy atom. The van der Waals surface area contributed by atoms with Crippen molar-refractivity contribution in [2.24, 2.45) is 0 Å².